The van der Waals surface area contributed by atoms with Crippen LogP contribution in [0.4, 0.5) is 0 Å². The number of imidazole rings is 1. The molecule has 114 valence electrons. The highest BCUT2D eigenvalue weighted by Gasteiger charge is 2.26. The number of hydrogen-bond donors (Lipinski definition) is 2. The number of aliphatic hydroxyl groups excluding tert-OH is 1. The lowest BCUT2D eigenvalue weighted by atomic mass is 9.99. The van der Waals surface area contributed by atoms with E-state index < -0.39 is 0 Å². The lowest BCUT2D eigenvalue weighted by molar-refractivity contribution is 0.476. The maximum absolute atomic E-state index is 9.74. The van der Waals surface area contributed by atoms with E-state index >= 15 is 0 Å². The van der Waals surface area contributed by atoms with Gasteiger partial charge in [0.1, 0.15) is 11.3 Å². The maximum atomic E-state index is 9.74. The van der Waals surface area contributed by atoms with Crippen molar-refractivity contribution < 1.29 is 5.11 Å². The highest BCUT2D eigenvalue weighted by molar-refractivity contribution is 6.05. The average Bonchev–Trinajstić information content (AvgIpc) is 3.20. The van der Waals surface area contributed by atoms with Crippen molar-refractivity contribution in [1.29, 1.82) is 0 Å². The second-order valence-electron chi connectivity index (χ2n) is 5.79. The molecule has 1 aliphatic carbocycles. The molecule has 2 aromatic carbocycles. The van der Waals surface area contributed by atoms with E-state index in [1.165, 1.54) is 6.26 Å². The van der Waals surface area contributed by atoms with Gasteiger partial charge in [0, 0.05) is 22.9 Å². The number of H-pyrrole nitrogens is 1. The van der Waals surface area contributed by atoms with E-state index in [1.807, 2.05) is 36.4 Å². The average molecular weight is 311 g/mol. The highest BCUT2D eigenvalue weighted by atomic mass is 16.2. The van der Waals surface area contributed by atoms with Crippen LogP contribution in [0.2, 0.25) is 0 Å². The van der Waals surface area contributed by atoms with Crippen LogP contribution in [0, 0.1) is 0 Å². The van der Waals surface area contributed by atoms with E-state index in [0.29, 0.717) is 0 Å². The summed E-state index contributed by atoms with van der Waals surface area (Å²) in [6.07, 6.45) is 4.70. The van der Waals surface area contributed by atoms with Crippen molar-refractivity contribution in [3.05, 3.63) is 78.3 Å². The van der Waals surface area contributed by atoms with Gasteiger partial charge in [-0.25, -0.2) is 4.98 Å². The first-order chi connectivity index (χ1) is 11.9. The van der Waals surface area contributed by atoms with Crippen LogP contribution < -0.4 is 0 Å². The van der Waals surface area contributed by atoms with Crippen molar-refractivity contribution in [2.75, 3.05) is 0 Å². The SMILES string of the molecule is OC=C1c2ccccc2-c2c1cccc2-c1nc2cnccc2[nH]1. The highest BCUT2D eigenvalue weighted by Crippen LogP contribution is 2.47. The van der Waals surface area contributed by atoms with Gasteiger partial charge < -0.3 is 10.1 Å². The lowest BCUT2D eigenvalue weighted by Gasteiger charge is -2.07. The fourth-order valence-corrected chi connectivity index (χ4v) is 3.47. The number of aromatic amines is 1. The van der Waals surface area contributed by atoms with Gasteiger partial charge in [0.05, 0.1) is 18.0 Å². The number of aliphatic hydroxyl groups is 1. The van der Waals surface area contributed by atoms with Crippen molar-refractivity contribution in [3.8, 4) is 22.5 Å². The Bertz CT molecular complexity index is 1090. The van der Waals surface area contributed by atoms with Gasteiger partial charge in [0.25, 0.3) is 0 Å². The van der Waals surface area contributed by atoms with Crippen molar-refractivity contribution in [3.63, 3.8) is 0 Å². The second-order valence-corrected chi connectivity index (χ2v) is 5.79. The predicted octanol–water partition coefficient (Wildman–Crippen LogP) is 4.55. The lowest BCUT2D eigenvalue weighted by Crippen LogP contribution is -1.87. The van der Waals surface area contributed by atoms with Crippen LogP contribution >= 0.6 is 0 Å². The Hall–Kier alpha value is -3.40. The molecule has 5 rings (SSSR count). The van der Waals surface area contributed by atoms with Gasteiger partial charge >= 0.3 is 0 Å². The molecule has 4 nitrogen and oxygen atoms in total. The number of pyridine rings is 1. The van der Waals surface area contributed by atoms with Crippen LogP contribution in [0.15, 0.2) is 67.2 Å². The van der Waals surface area contributed by atoms with E-state index in [2.05, 4.69) is 27.1 Å². The summed E-state index contributed by atoms with van der Waals surface area (Å²) in [6, 6.07) is 16.1. The number of aromatic nitrogens is 3. The summed E-state index contributed by atoms with van der Waals surface area (Å²) in [5.74, 6) is 0.809. The summed E-state index contributed by atoms with van der Waals surface area (Å²) in [5, 5.41) is 9.74. The van der Waals surface area contributed by atoms with Crippen LogP contribution in [0.1, 0.15) is 11.1 Å². The molecule has 24 heavy (non-hydrogen) atoms. The maximum Gasteiger partial charge on any atom is 0.139 e. The van der Waals surface area contributed by atoms with Crippen molar-refractivity contribution in [2.24, 2.45) is 0 Å². The first kappa shape index (κ1) is 13.1. The van der Waals surface area contributed by atoms with Crippen molar-refractivity contribution >= 4 is 16.6 Å². The van der Waals surface area contributed by atoms with Gasteiger partial charge in [-0.2, -0.15) is 0 Å². The van der Waals surface area contributed by atoms with Gasteiger partial charge in [-0.15, -0.1) is 0 Å². The molecule has 0 fully saturated rings. The van der Waals surface area contributed by atoms with E-state index in [0.717, 1.165) is 50.2 Å². The molecule has 0 amide bonds. The molecule has 0 radical (unpaired) electrons. The van der Waals surface area contributed by atoms with E-state index in [9.17, 15) is 5.11 Å². The van der Waals surface area contributed by atoms with Gasteiger partial charge in [-0.1, -0.05) is 42.5 Å². The Kier molecular flexibility index (Phi) is 2.61. The number of nitrogens with zero attached hydrogens (tertiary/aromatic N) is 2. The minimum atomic E-state index is 0.809. The minimum Gasteiger partial charge on any atom is -0.515 e. The molecule has 4 heteroatoms. The summed E-state index contributed by atoms with van der Waals surface area (Å²) in [7, 11) is 0. The third kappa shape index (κ3) is 1.68. The Morgan fingerprint density at radius 1 is 0.875 bits per heavy atom. The van der Waals surface area contributed by atoms with E-state index in [1.54, 1.807) is 12.4 Å². The molecule has 4 aromatic rings. The normalized spacial score (nSPS) is 14.1. The minimum absolute atomic E-state index is 0.809. The quantitative estimate of drug-likeness (QED) is 0.446. The molecular formula is C20H13N3O. The summed E-state index contributed by atoms with van der Waals surface area (Å²) in [6.45, 7) is 0. The van der Waals surface area contributed by atoms with Crippen LogP contribution in [-0.4, -0.2) is 20.1 Å². The molecule has 0 spiro atoms. The van der Waals surface area contributed by atoms with Crippen molar-refractivity contribution in [1.82, 2.24) is 15.0 Å². The number of nitrogens with one attached hydrogen (secondary N) is 1. The topological polar surface area (TPSA) is 61.8 Å². The van der Waals surface area contributed by atoms with E-state index in [4.69, 9.17) is 0 Å². The predicted molar refractivity (Wildman–Crippen MR) is 94.5 cm³/mol. The number of rotatable bonds is 1. The molecular weight excluding hydrogens is 298 g/mol. The molecule has 0 saturated heterocycles. The molecule has 2 aromatic heterocycles. The summed E-state index contributed by atoms with van der Waals surface area (Å²) in [4.78, 5) is 12.2. The zero-order chi connectivity index (χ0) is 16.1. The van der Waals surface area contributed by atoms with Crippen LogP contribution in [0.25, 0.3) is 39.1 Å². The molecule has 0 aliphatic heterocycles. The zero-order valence-electron chi connectivity index (χ0n) is 12.7. The number of hydrogen-bond acceptors (Lipinski definition) is 3. The molecule has 0 saturated carbocycles. The number of fused-ring (bicyclic) bond motifs is 4. The van der Waals surface area contributed by atoms with E-state index in [-0.39, 0.29) is 0 Å². The smallest absolute Gasteiger partial charge is 0.139 e. The standard InChI is InChI=1S/C20H13N3O/c24-11-16-12-4-1-2-5-13(12)19-14(16)6-3-7-15(19)20-22-17-8-9-21-10-18(17)23-20/h1-11,24H,(H,22,23). The zero-order valence-corrected chi connectivity index (χ0v) is 12.7. The Morgan fingerprint density at radius 2 is 1.67 bits per heavy atom. The Labute approximate surface area is 138 Å². The molecule has 0 bridgehead atoms. The third-order valence-corrected chi connectivity index (χ3v) is 4.51. The second kappa shape index (κ2) is 4.80. The van der Waals surface area contributed by atoms with Crippen LogP contribution in [-0.2, 0) is 0 Å². The van der Waals surface area contributed by atoms with Crippen molar-refractivity contribution in [2.45, 2.75) is 0 Å². The first-order valence-electron chi connectivity index (χ1n) is 7.74. The summed E-state index contributed by atoms with van der Waals surface area (Å²) >= 11 is 0. The van der Waals surface area contributed by atoms with Gasteiger partial charge in [-0.05, 0) is 22.8 Å². The molecule has 2 heterocycles. The first-order valence-corrected chi connectivity index (χ1v) is 7.74. The van der Waals surface area contributed by atoms with Gasteiger partial charge in [0.2, 0.25) is 0 Å². The van der Waals surface area contributed by atoms with Crippen LogP contribution in [0.3, 0.4) is 0 Å². The molecule has 0 unspecified atom stereocenters. The third-order valence-electron chi connectivity index (χ3n) is 4.51. The van der Waals surface area contributed by atoms with Gasteiger partial charge in [-0.3, -0.25) is 4.98 Å². The summed E-state index contributed by atoms with van der Waals surface area (Å²) in [5.41, 5.74) is 7.95. The van der Waals surface area contributed by atoms with Crippen LogP contribution in [0.5, 0.6) is 0 Å². The Morgan fingerprint density at radius 3 is 2.50 bits per heavy atom. The molecule has 2 N–H and O–H groups in total. The molecule has 0 atom stereocenters. The molecule has 1 aliphatic rings. The summed E-state index contributed by atoms with van der Waals surface area (Å²) < 4.78 is 0. The monoisotopic (exact) mass is 311 g/mol. The van der Waals surface area contributed by atoms with Gasteiger partial charge in [0.15, 0.2) is 0 Å². The fourth-order valence-electron chi connectivity index (χ4n) is 3.47. The fraction of sp³-hybridized carbons (Fsp3) is 0. The Balaban J connectivity index is 1.84. The largest absolute Gasteiger partial charge is 0.515 e. The number of benzene rings is 2.